The van der Waals surface area contributed by atoms with Gasteiger partial charge in [0.2, 0.25) is 0 Å². The lowest BCUT2D eigenvalue weighted by Crippen LogP contribution is -2.19. The van der Waals surface area contributed by atoms with E-state index in [1.165, 1.54) is 44.7 Å². The first-order valence-corrected chi connectivity index (χ1v) is 11.8. The van der Waals surface area contributed by atoms with Crippen LogP contribution < -0.4 is 10.9 Å². The van der Waals surface area contributed by atoms with E-state index in [-0.39, 0.29) is 11.3 Å². The average Bonchev–Trinajstić information content (AvgIpc) is 3.02. The molecule has 0 aliphatic heterocycles. The third-order valence-corrected chi connectivity index (χ3v) is 6.01. The summed E-state index contributed by atoms with van der Waals surface area (Å²) in [4.78, 5) is 16.8. The van der Waals surface area contributed by atoms with E-state index in [9.17, 15) is 9.90 Å². The van der Waals surface area contributed by atoms with Crippen LogP contribution in [0.25, 0.3) is 5.69 Å². The third-order valence-electron chi connectivity index (χ3n) is 6.01. The molecule has 6 nitrogen and oxygen atoms in total. The van der Waals surface area contributed by atoms with Crippen molar-refractivity contribution in [2.24, 2.45) is 7.05 Å². The molecule has 0 spiro atoms. The summed E-state index contributed by atoms with van der Waals surface area (Å²) < 4.78 is 3.75. The summed E-state index contributed by atoms with van der Waals surface area (Å²) in [6, 6.07) is 13.5. The van der Waals surface area contributed by atoms with E-state index in [2.05, 4.69) is 17.2 Å². The van der Waals surface area contributed by atoms with Gasteiger partial charge in [0.1, 0.15) is 11.6 Å². The highest BCUT2D eigenvalue weighted by molar-refractivity contribution is 5.37. The summed E-state index contributed by atoms with van der Waals surface area (Å²) in [5.74, 6) is 1.01. The quantitative estimate of drug-likeness (QED) is 0.354. The molecule has 172 valence electrons. The number of hydrogen-bond acceptors (Lipinski definition) is 4. The second-order valence-corrected chi connectivity index (χ2v) is 8.45. The predicted molar refractivity (Wildman–Crippen MR) is 131 cm³/mol. The Balaban J connectivity index is 1.28. The summed E-state index contributed by atoms with van der Waals surface area (Å²) in [6.07, 6.45) is 11.9. The fourth-order valence-electron chi connectivity index (χ4n) is 4.21. The van der Waals surface area contributed by atoms with Crippen molar-refractivity contribution in [3.8, 4) is 11.4 Å². The van der Waals surface area contributed by atoms with Crippen LogP contribution in [-0.4, -0.2) is 26.0 Å². The standard InChI is InChI=1S/C26H36N4O2/c1-21-24(26(32)29(2)30(21)22-14-10-9-11-15-22)16-12-7-5-3-4-6-8-13-19-27-25-18-17-23(31)20-28-25/h9-11,14-15,17-18,20,31H,3-8,12-13,16,19H2,1-2H3,(H,27,28). The molecule has 3 rings (SSSR count). The molecular weight excluding hydrogens is 400 g/mol. The van der Waals surface area contributed by atoms with Gasteiger partial charge in [0.25, 0.3) is 5.56 Å². The van der Waals surface area contributed by atoms with Crippen LogP contribution in [0.5, 0.6) is 5.75 Å². The Labute approximate surface area is 190 Å². The van der Waals surface area contributed by atoms with Gasteiger partial charge >= 0.3 is 0 Å². The van der Waals surface area contributed by atoms with Crippen LogP contribution in [0.4, 0.5) is 5.82 Å². The van der Waals surface area contributed by atoms with Gasteiger partial charge in [-0.1, -0.05) is 56.7 Å². The Morgan fingerprint density at radius 2 is 1.56 bits per heavy atom. The minimum absolute atomic E-state index is 0.127. The van der Waals surface area contributed by atoms with Gasteiger partial charge in [-0.2, -0.15) is 0 Å². The molecule has 0 aliphatic rings. The Kier molecular flexibility index (Phi) is 8.96. The smallest absolute Gasteiger partial charge is 0.270 e. The Bertz CT molecular complexity index is 1010. The fraction of sp³-hybridized carbons (Fsp3) is 0.462. The number of nitrogens with one attached hydrogen (secondary N) is 1. The molecule has 2 N–H and O–H groups in total. The number of rotatable bonds is 13. The van der Waals surface area contributed by atoms with Gasteiger partial charge in [-0.05, 0) is 50.5 Å². The van der Waals surface area contributed by atoms with Crippen LogP contribution in [0.2, 0.25) is 0 Å². The van der Waals surface area contributed by atoms with Gasteiger partial charge < -0.3 is 10.4 Å². The van der Waals surface area contributed by atoms with Crippen molar-refractivity contribution >= 4 is 5.82 Å². The van der Waals surface area contributed by atoms with E-state index in [0.29, 0.717) is 0 Å². The fourth-order valence-corrected chi connectivity index (χ4v) is 4.21. The lowest BCUT2D eigenvalue weighted by Gasteiger charge is -2.09. The van der Waals surface area contributed by atoms with E-state index in [1.54, 1.807) is 16.8 Å². The van der Waals surface area contributed by atoms with Crippen molar-refractivity contribution in [2.45, 2.75) is 64.7 Å². The van der Waals surface area contributed by atoms with Crippen LogP contribution in [-0.2, 0) is 13.5 Å². The van der Waals surface area contributed by atoms with Gasteiger partial charge in [0, 0.05) is 24.8 Å². The maximum atomic E-state index is 12.7. The molecular formula is C26H36N4O2. The molecule has 0 radical (unpaired) electrons. The zero-order valence-corrected chi connectivity index (χ0v) is 19.4. The van der Waals surface area contributed by atoms with Crippen molar-refractivity contribution < 1.29 is 5.11 Å². The first-order chi connectivity index (χ1) is 15.6. The molecule has 32 heavy (non-hydrogen) atoms. The number of aromatic nitrogens is 3. The molecule has 0 amide bonds. The average molecular weight is 437 g/mol. The lowest BCUT2D eigenvalue weighted by molar-refractivity contribution is 0.473. The Morgan fingerprint density at radius 3 is 2.22 bits per heavy atom. The molecule has 2 heterocycles. The minimum Gasteiger partial charge on any atom is -0.506 e. The largest absolute Gasteiger partial charge is 0.506 e. The number of unbranched alkanes of at least 4 members (excludes halogenated alkanes) is 7. The molecule has 6 heteroatoms. The topological polar surface area (TPSA) is 72.1 Å². The lowest BCUT2D eigenvalue weighted by atomic mass is 10.0. The molecule has 0 saturated carbocycles. The number of pyridine rings is 1. The monoisotopic (exact) mass is 436 g/mol. The molecule has 0 aliphatic carbocycles. The first-order valence-electron chi connectivity index (χ1n) is 11.8. The zero-order chi connectivity index (χ0) is 22.8. The van der Waals surface area contributed by atoms with Crippen LogP contribution in [0.3, 0.4) is 0 Å². The number of benzene rings is 1. The maximum absolute atomic E-state index is 12.7. The second-order valence-electron chi connectivity index (χ2n) is 8.45. The van der Waals surface area contributed by atoms with Crippen molar-refractivity contribution in [3.63, 3.8) is 0 Å². The van der Waals surface area contributed by atoms with Crippen LogP contribution >= 0.6 is 0 Å². The molecule has 2 aromatic heterocycles. The van der Waals surface area contributed by atoms with Crippen LogP contribution in [0, 0.1) is 6.92 Å². The number of para-hydroxylation sites is 1. The van der Waals surface area contributed by atoms with E-state index >= 15 is 0 Å². The highest BCUT2D eigenvalue weighted by atomic mass is 16.3. The molecule has 1 aromatic carbocycles. The molecule has 0 atom stereocenters. The van der Waals surface area contributed by atoms with Gasteiger partial charge in [0.05, 0.1) is 11.9 Å². The summed E-state index contributed by atoms with van der Waals surface area (Å²) in [7, 11) is 1.85. The highest BCUT2D eigenvalue weighted by Crippen LogP contribution is 2.16. The van der Waals surface area contributed by atoms with E-state index in [1.807, 2.05) is 42.1 Å². The van der Waals surface area contributed by atoms with E-state index in [4.69, 9.17) is 0 Å². The SMILES string of the molecule is Cc1c(CCCCCCCCCCNc2ccc(O)cn2)c(=O)n(C)n1-c1ccccc1. The van der Waals surface area contributed by atoms with Crippen LogP contribution in [0.1, 0.15) is 62.6 Å². The number of nitrogens with zero attached hydrogens (tertiary/aromatic N) is 3. The Hall–Kier alpha value is -3.02. The molecule has 0 bridgehead atoms. The van der Waals surface area contributed by atoms with Crippen molar-refractivity contribution in [1.82, 2.24) is 14.3 Å². The van der Waals surface area contributed by atoms with Gasteiger partial charge in [0.15, 0.2) is 0 Å². The van der Waals surface area contributed by atoms with Gasteiger partial charge in [-0.25, -0.2) is 9.67 Å². The molecule has 0 saturated heterocycles. The zero-order valence-electron chi connectivity index (χ0n) is 19.4. The maximum Gasteiger partial charge on any atom is 0.270 e. The summed E-state index contributed by atoms with van der Waals surface area (Å²) >= 11 is 0. The summed E-state index contributed by atoms with van der Waals surface area (Å²) in [5.41, 5.74) is 3.17. The number of hydrogen-bond donors (Lipinski definition) is 2. The minimum atomic E-state index is 0.127. The van der Waals surface area contributed by atoms with E-state index < -0.39 is 0 Å². The molecule has 0 fully saturated rings. The number of aromatic hydroxyl groups is 1. The van der Waals surface area contributed by atoms with Gasteiger partial charge in [-0.15, -0.1) is 0 Å². The predicted octanol–water partition coefficient (Wildman–Crippen LogP) is 5.36. The summed E-state index contributed by atoms with van der Waals surface area (Å²) in [6.45, 7) is 2.96. The van der Waals surface area contributed by atoms with Crippen molar-refractivity contribution in [3.05, 3.63) is 70.3 Å². The van der Waals surface area contributed by atoms with Crippen molar-refractivity contribution in [1.29, 1.82) is 0 Å². The summed E-state index contributed by atoms with van der Waals surface area (Å²) in [5, 5.41) is 12.5. The second kappa shape index (κ2) is 12.1. The first kappa shape index (κ1) is 23.6. The number of anilines is 1. The molecule has 0 unspecified atom stereocenters. The normalized spacial score (nSPS) is 11.1. The highest BCUT2D eigenvalue weighted by Gasteiger charge is 2.15. The van der Waals surface area contributed by atoms with Gasteiger partial charge in [-0.3, -0.25) is 9.48 Å². The third kappa shape index (κ3) is 6.49. The van der Waals surface area contributed by atoms with Crippen molar-refractivity contribution in [2.75, 3.05) is 11.9 Å². The van der Waals surface area contributed by atoms with Crippen LogP contribution in [0.15, 0.2) is 53.5 Å². The molecule has 3 aromatic rings. The Morgan fingerprint density at radius 1 is 0.906 bits per heavy atom. The van der Waals surface area contributed by atoms with E-state index in [0.717, 1.165) is 48.6 Å².